The van der Waals surface area contributed by atoms with Crippen LogP contribution in [0.4, 0.5) is 5.82 Å². The minimum atomic E-state index is -0.840. The molecule has 0 aliphatic carbocycles. The lowest BCUT2D eigenvalue weighted by molar-refractivity contribution is -0.134. The Kier molecular flexibility index (Phi) is 8.51. The number of unbranched alkanes of at least 4 members (excludes halogenated alkanes) is 1. The van der Waals surface area contributed by atoms with Gasteiger partial charge in [0.15, 0.2) is 0 Å². The maximum atomic E-state index is 13.2. The molecule has 0 spiro atoms. The number of rotatable bonds is 9. The van der Waals surface area contributed by atoms with E-state index in [4.69, 9.17) is 16.7 Å². The summed E-state index contributed by atoms with van der Waals surface area (Å²) < 4.78 is 1.73. The van der Waals surface area contributed by atoms with Crippen LogP contribution in [0.25, 0.3) is 5.69 Å². The molecule has 1 heterocycles. The second kappa shape index (κ2) is 11.3. The van der Waals surface area contributed by atoms with Crippen molar-refractivity contribution in [2.75, 3.05) is 18.4 Å². The van der Waals surface area contributed by atoms with Gasteiger partial charge in [-0.2, -0.15) is 5.10 Å². The zero-order valence-corrected chi connectivity index (χ0v) is 21.0. The van der Waals surface area contributed by atoms with Crippen molar-refractivity contribution in [3.63, 3.8) is 0 Å². The van der Waals surface area contributed by atoms with Crippen LogP contribution in [0.2, 0.25) is 0 Å². The van der Waals surface area contributed by atoms with Gasteiger partial charge in [-0.15, -0.1) is 11.6 Å². The Hall–Kier alpha value is -3.12. The number of nitrogens with zero attached hydrogens (tertiary/aromatic N) is 3. The van der Waals surface area contributed by atoms with E-state index < -0.39 is 5.38 Å². The minimum absolute atomic E-state index is 0.0836. The molecule has 3 rings (SSSR count). The van der Waals surface area contributed by atoms with E-state index in [1.807, 2.05) is 73.7 Å². The van der Waals surface area contributed by atoms with Crippen LogP contribution < -0.4 is 5.32 Å². The number of amides is 2. The van der Waals surface area contributed by atoms with Crippen LogP contribution in [-0.4, -0.2) is 39.6 Å². The first-order chi connectivity index (χ1) is 16.2. The molecule has 0 fully saturated rings. The molecule has 6 nitrogen and oxygen atoms in total. The zero-order valence-electron chi connectivity index (χ0n) is 20.3. The highest BCUT2D eigenvalue weighted by Gasteiger charge is 2.26. The van der Waals surface area contributed by atoms with E-state index in [0.717, 1.165) is 24.2 Å². The average Bonchev–Trinajstić information content (AvgIpc) is 3.26. The molecular formula is C27H33ClN4O2. The topological polar surface area (TPSA) is 67.2 Å². The molecule has 0 aliphatic rings. The number of nitrogens with one attached hydrogen (secondary N) is 1. The Morgan fingerprint density at radius 2 is 1.68 bits per heavy atom. The summed E-state index contributed by atoms with van der Waals surface area (Å²) in [6.07, 6.45) is 1.69. The predicted octanol–water partition coefficient (Wildman–Crippen LogP) is 5.72. The van der Waals surface area contributed by atoms with Gasteiger partial charge in [-0.05, 0) is 24.1 Å². The number of halogens is 1. The van der Waals surface area contributed by atoms with Gasteiger partial charge >= 0.3 is 0 Å². The lowest BCUT2D eigenvalue weighted by Gasteiger charge is -2.24. The van der Waals surface area contributed by atoms with Crippen LogP contribution in [-0.2, 0) is 15.0 Å². The van der Waals surface area contributed by atoms with Crippen molar-refractivity contribution >= 4 is 29.2 Å². The fourth-order valence-corrected chi connectivity index (χ4v) is 3.78. The van der Waals surface area contributed by atoms with Gasteiger partial charge < -0.3 is 10.2 Å². The van der Waals surface area contributed by atoms with Gasteiger partial charge in [0, 0.05) is 18.0 Å². The summed E-state index contributed by atoms with van der Waals surface area (Å²) in [5, 5.41) is 6.86. The predicted molar refractivity (Wildman–Crippen MR) is 137 cm³/mol. The molecule has 2 amide bonds. The van der Waals surface area contributed by atoms with E-state index in [9.17, 15) is 9.59 Å². The largest absolute Gasteiger partial charge is 0.332 e. The molecule has 7 heteroatoms. The van der Waals surface area contributed by atoms with Crippen LogP contribution in [0.5, 0.6) is 0 Å². The maximum Gasteiger partial charge on any atom is 0.245 e. The standard InChI is InChI=1S/C27H33ClN4O2/c1-5-6-17-31(26(34)25(28)20-13-9-7-10-14-20)19-24(33)29-23-18-22(27(2,3)4)30-32(23)21-15-11-8-12-16-21/h7-16,18,25H,5-6,17,19H2,1-4H3,(H,29,33). The molecule has 180 valence electrons. The molecule has 2 aromatic carbocycles. The molecule has 1 N–H and O–H groups in total. The van der Waals surface area contributed by atoms with Gasteiger partial charge in [-0.25, -0.2) is 4.68 Å². The monoisotopic (exact) mass is 480 g/mol. The van der Waals surface area contributed by atoms with E-state index in [-0.39, 0.29) is 23.8 Å². The normalized spacial score (nSPS) is 12.3. The molecule has 0 radical (unpaired) electrons. The SMILES string of the molecule is CCCCN(CC(=O)Nc1cc(C(C)(C)C)nn1-c1ccccc1)C(=O)C(Cl)c1ccccc1. The van der Waals surface area contributed by atoms with Crippen molar-refractivity contribution < 1.29 is 9.59 Å². The number of alkyl halides is 1. The van der Waals surface area contributed by atoms with E-state index in [2.05, 4.69) is 26.1 Å². The second-order valence-electron chi connectivity index (χ2n) is 9.35. The molecule has 1 unspecified atom stereocenters. The second-order valence-corrected chi connectivity index (χ2v) is 9.78. The first-order valence-corrected chi connectivity index (χ1v) is 12.1. The molecule has 0 saturated heterocycles. The summed E-state index contributed by atoms with van der Waals surface area (Å²) in [5.41, 5.74) is 2.23. The van der Waals surface area contributed by atoms with Gasteiger partial charge in [-0.3, -0.25) is 9.59 Å². The van der Waals surface area contributed by atoms with Crippen molar-refractivity contribution in [2.24, 2.45) is 0 Å². The number of hydrogen-bond donors (Lipinski definition) is 1. The molecule has 0 saturated carbocycles. The van der Waals surface area contributed by atoms with Crippen LogP contribution in [0.15, 0.2) is 66.7 Å². The Balaban J connectivity index is 1.81. The number of aromatic nitrogens is 2. The van der Waals surface area contributed by atoms with E-state index >= 15 is 0 Å². The fourth-order valence-electron chi connectivity index (χ4n) is 3.50. The highest BCUT2D eigenvalue weighted by atomic mass is 35.5. The van der Waals surface area contributed by atoms with E-state index in [1.54, 1.807) is 4.68 Å². The summed E-state index contributed by atoms with van der Waals surface area (Å²) in [6, 6.07) is 20.7. The summed E-state index contributed by atoms with van der Waals surface area (Å²) in [6.45, 7) is 8.65. The lowest BCUT2D eigenvalue weighted by Crippen LogP contribution is -2.40. The van der Waals surface area contributed by atoms with Crippen molar-refractivity contribution in [3.05, 3.63) is 78.0 Å². The first-order valence-electron chi connectivity index (χ1n) is 11.6. The van der Waals surface area contributed by atoms with E-state index in [1.165, 1.54) is 4.90 Å². The molecule has 34 heavy (non-hydrogen) atoms. The van der Waals surface area contributed by atoms with Gasteiger partial charge in [-0.1, -0.05) is 82.6 Å². The number of benzene rings is 2. The molecule has 1 aromatic heterocycles. The smallest absolute Gasteiger partial charge is 0.245 e. The first kappa shape index (κ1) is 25.5. The maximum absolute atomic E-state index is 13.2. The number of para-hydroxylation sites is 1. The van der Waals surface area contributed by atoms with Crippen molar-refractivity contribution in [1.82, 2.24) is 14.7 Å². The molecule has 0 aliphatic heterocycles. The van der Waals surface area contributed by atoms with Crippen LogP contribution in [0.3, 0.4) is 0 Å². The minimum Gasteiger partial charge on any atom is -0.332 e. The highest BCUT2D eigenvalue weighted by molar-refractivity contribution is 6.30. The number of carbonyl (C=O) groups is 2. The average molecular weight is 481 g/mol. The van der Waals surface area contributed by atoms with Crippen LogP contribution in [0.1, 0.15) is 57.2 Å². The van der Waals surface area contributed by atoms with E-state index in [0.29, 0.717) is 17.9 Å². The van der Waals surface area contributed by atoms with Gasteiger partial charge in [0.2, 0.25) is 11.8 Å². The van der Waals surface area contributed by atoms with Crippen molar-refractivity contribution in [2.45, 2.75) is 51.3 Å². The summed E-state index contributed by atoms with van der Waals surface area (Å²) >= 11 is 6.50. The van der Waals surface area contributed by atoms with Gasteiger partial charge in [0.1, 0.15) is 11.2 Å². The molecule has 3 aromatic rings. The third-order valence-electron chi connectivity index (χ3n) is 5.48. The Bertz CT molecular complexity index is 1090. The third kappa shape index (κ3) is 6.48. The summed E-state index contributed by atoms with van der Waals surface area (Å²) in [4.78, 5) is 27.8. The Morgan fingerprint density at radius 1 is 1.06 bits per heavy atom. The summed E-state index contributed by atoms with van der Waals surface area (Å²) in [7, 11) is 0. The number of anilines is 1. The highest BCUT2D eigenvalue weighted by Crippen LogP contribution is 2.27. The zero-order chi connectivity index (χ0) is 24.7. The van der Waals surface area contributed by atoms with Gasteiger partial charge in [0.25, 0.3) is 0 Å². The Morgan fingerprint density at radius 3 is 2.26 bits per heavy atom. The number of carbonyl (C=O) groups excluding carboxylic acids is 2. The quantitative estimate of drug-likeness (QED) is 0.398. The fraction of sp³-hybridized carbons (Fsp3) is 0.370. The van der Waals surface area contributed by atoms with Gasteiger partial charge in [0.05, 0.1) is 17.9 Å². The lowest BCUT2D eigenvalue weighted by atomic mass is 9.92. The molecular weight excluding hydrogens is 448 g/mol. The van der Waals surface area contributed by atoms with Crippen molar-refractivity contribution in [1.29, 1.82) is 0 Å². The molecule has 1 atom stereocenters. The number of hydrogen-bond acceptors (Lipinski definition) is 3. The van der Waals surface area contributed by atoms with Crippen LogP contribution in [0, 0.1) is 0 Å². The third-order valence-corrected chi connectivity index (χ3v) is 5.92. The van der Waals surface area contributed by atoms with Crippen LogP contribution >= 0.6 is 11.6 Å². The van der Waals surface area contributed by atoms with Crippen molar-refractivity contribution in [3.8, 4) is 5.69 Å². The Labute approximate surface area is 206 Å². The summed E-state index contributed by atoms with van der Waals surface area (Å²) in [5.74, 6) is -0.00293. The molecule has 0 bridgehead atoms.